The van der Waals surface area contributed by atoms with Crippen molar-refractivity contribution in [2.75, 3.05) is 20.2 Å². The summed E-state index contributed by atoms with van der Waals surface area (Å²) in [7, 11) is 1.52. The highest BCUT2D eigenvalue weighted by molar-refractivity contribution is 7.20. The third-order valence-corrected chi connectivity index (χ3v) is 6.75. The van der Waals surface area contributed by atoms with Crippen LogP contribution in [0, 0.1) is 5.92 Å². The minimum absolute atomic E-state index is 0.0416. The molecule has 0 saturated carbocycles. The molecular weight excluding hydrogens is 416 g/mol. The number of amides is 2. The van der Waals surface area contributed by atoms with Crippen LogP contribution in [0.15, 0.2) is 36.7 Å². The third kappa shape index (κ3) is 4.46. The van der Waals surface area contributed by atoms with Crippen LogP contribution in [0.5, 0.6) is 11.5 Å². The summed E-state index contributed by atoms with van der Waals surface area (Å²) < 4.78 is 6.09. The van der Waals surface area contributed by atoms with Crippen molar-refractivity contribution in [2.45, 2.75) is 25.8 Å². The van der Waals surface area contributed by atoms with Crippen molar-refractivity contribution >= 4 is 33.4 Å². The first-order valence-electron chi connectivity index (χ1n) is 10.1. The van der Waals surface area contributed by atoms with E-state index >= 15 is 0 Å². The molecule has 4 rings (SSSR count). The van der Waals surface area contributed by atoms with Gasteiger partial charge in [0, 0.05) is 25.3 Å². The highest BCUT2D eigenvalue weighted by Gasteiger charge is 2.29. The maximum absolute atomic E-state index is 12.8. The van der Waals surface area contributed by atoms with E-state index in [4.69, 9.17) is 4.74 Å². The minimum atomic E-state index is -0.213. The molecule has 0 radical (unpaired) electrons. The van der Waals surface area contributed by atoms with Crippen molar-refractivity contribution in [1.82, 2.24) is 20.2 Å². The number of phenolic OH excluding ortho intramolecular Hbond substituents is 1. The number of ether oxygens (including phenoxy) is 1. The highest BCUT2D eigenvalue weighted by Crippen LogP contribution is 2.28. The van der Waals surface area contributed by atoms with Gasteiger partial charge in [-0.05, 0) is 49.9 Å². The Morgan fingerprint density at radius 2 is 2.06 bits per heavy atom. The smallest absolute Gasteiger partial charge is 0.280 e. The van der Waals surface area contributed by atoms with Gasteiger partial charge in [0.15, 0.2) is 5.01 Å². The number of methoxy groups -OCH3 is 1. The first kappa shape index (κ1) is 21.0. The average molecular weight is 441 g/mol. The molecule has 0 unspecified atom stereocenters. The summed E-state index contributed by atoms with van der Waals surface area (Å²) in [5, 5.41) is 13.6. The van der Waals surface area contributed by atoms with Crippen LogP contribution in [0.1, 0.15) is 39.9 Å². The fourth-order valence-electron chi connectivity index (χ4n) is 3.85. The number of fused-ring (bicyclic) bond motifs is 1. The number of carbonyl (C=O) groups excluding carboxylic acids is 2. The van der Waals surface area contributed by atoms with Crippen molar-refractivity contribution in [3.05, 3.63) is 47.2 Å². The number of aromatic nitrogens is 2. The Labute approximate surface area is 183 Å². The lowest BCUT2D eigenvalue weighted by Crippen LogP contribution is -2.45. The van der Waals surface area contributed by atoms with Gasteiger partial charge in [-0.2, -0.15) is 0 Å². The van der Waals surface area contributed by atoms with E-state index in [0.29, 0.717) is 23.8 Å². The zero-order valence-electron chi connectivity index (χ0n) is 17.4. The van der Waals surface area contributed by atoms with E-state index in [1.54, 1.807) is 29.4 Å². The van der Waals surface area contributed by atoms with Crippen LogP contribution in [-0.2, 0) is 0 Å². The average Bonchev–Trinajstić information content (AvgIpc) is 3.23. The summed E-state index contributed by atoms with van der Waals surface area (Å²) in [4.78, 5) is 35.6. The van der Waals surface area contributed by atoms with Crippen molar-refractivity contribution in [3.63, 3.8) is 0 Å². The number of carbonyl (C=O) groups is 2. The molecule has 1 saturated heterocycles. The molecule has 2 aromatic heterocycles. The molecule has 0 spiro atoms. The van der Waals surface area contributed by atoms with Crippen LogP contribution in [0.25, 0.3) is 10.2 Å². The Balaban J connectivity index is 1.35. The molecule has 162 valence electrons. The van der Waals surface area contributed by atoms with Gasteiger partial charge in [-0.1, -0.05) is 0 Å². The number of nitrogens with zero attached hydrogens (tertiary/aromatic N) is 3. The van der Waals surface area contributed by atoms with E-state index in [9.17, 15) is 14.7 Å². The quantitative estimate of drug-likeness (QED) is 0.632. The van der Waals surface area contributed by atoms with Gasteiger partial charge in [-0.3, -0.25) is 14.6 Å². The van der Waals surface area contributed by atoms with Crippen molar-refractivity contribution < 1.29 is 19.4 Å². The molecule has 1 fully saturated rings. The fourth-order valence-corrected chi connectivity index (χ4v) is 4.69. The van der Waals surface area contributed by atoms with Gasteiger partial charge in [0.05, 0.1) is 23.6 Å². The summed E-state index contributed by atoms with van der Waals surface area (Å²) >= 11 is 1.35. The van der Waals surface area contributed by atoms with Gasteiger partial charge in [0.1, 0.15) is 17.0 Å². The fraction of sp³-hybridized carbons (Fsp3) is 0.364. The van der Waals surface area contributed by atoms with Gasteiger partial charge in [-0.25, -0.2) is 4.98 Å². The van der Waals surface area contributed by atoms with E-state index in [1.165, 1.54) is 24.5 Å². The van der Waals surface area contributed by atoms with E-state index in [0.717, 1.165) is 23.1 Å². The third-order valence-electron chi connectivity index (χ3n) is 5.71. The number of piperidine rings is 1. The second-order valence-corrected chi connectivity index (χ2v) is 8.67. The van der Waals surface area contributed by atoms with Crippen molar-refractivity contribution in [3.8, 4) is 11.5 Å². The molecule has 3 heterocycles. The maximum atomic E-state index is 12.8. The normalized spacial score (nSPS) is 15.6. The van der Waals surface area contributed by atoms with E-state index in [-0.39, 0.29) is 35.1 Å². The lowest BCUT2D eigenvalue weighted by molar-refractivity contribution is 0.0660. The molecule has 0 aliphatic carbocycles. The zero-order chi connectivity index (χ0) is 22.0. The van der Waals surface area contributed by atoms with Crippen LogP contribution < -0.4 is 10.1 Å². The summed E-state index contributed by atoms with van der Waals surface area (Å²) in [6.45, 7) is 3.11. The van der Waals surface area contributed by atoms with Crippen molar-refractivity contribution in [1.29, 1.82) is 0 Å². The Bertz CT molecular complexity index is 1070. The van der Waals surface area contributed by atoms with Crippen LogP contribution >= 0.6 is 11.3 Å². The van der Waals surface area contributed by atoms with E-state index in [1.807, 2.05) is 13.0 Å². The van der Waals surface area contributed by atoms with E-state index in [2.05, 4.69) is 15.3 Å². The van der Waals surface area contributed by atoms with Gasteiger partial charge in [-0.15, -0.1) is 11.3 Å². The van der Waals surface area contributed by atoms with Crippen LogP contribution in [0.4, 0.5) is 0 Å². The van der Waals surface area contributed by atoms with Gasteiger partial charge in [0.25, 0.3) is 11.8 Å². The van der Waals surface area contributed by atoms with Gasteiger partial charge in [0.2, 0.25) is 0 Å². The molecule has 2 N–H and O–H groups in total. The highest BCUT2D eigenvalue weighted by atomic mass is 32.1. The van der Waals surface area contributed by atoms with Crippen LogP contribution in [0.3, 0.4) is 0 Å². The van der Waals surface area contributed by atoms with Gasteiger partial charge < -0.3 is 20.1 Å². The second kappa shape index (κ2) is 8.89. The Morgan fingerprint density at radius 3 is 2.77 bits per heavy atom. The number of benzene rings is 1. The summed E-state index contributed by atoms with van der Waals surface area (Å²) in [5.41, 5.74) is 0.961. The Hall–Kier alpha value is -3.20. The molecule has 1 atom stereocenters. The molecule has 1 aliphatic rings. The predicted molar refractivity (Wildman–Crippen MR) is 118 cm³/mol. The van der Waals surface area contributed by atoms with Crippen LogP contribution in [-0.4, -0.2) is 58.0 Å². The monoisotopic (exact) mass is 440 g/mol. The summed E-state index contributed by atoms with van der Waals surface area (Å²) in [5.74, 6) is 0.323. The number of thiazole rings is 1. The van der Waals surface area contributed by atoms with Crippen LogP contribution in [0.2, 0.25) is 0 Å². The molecule has 2 amide bonds. The number of hydrogen-bond donors (Lipinski definition) is 2. The number of rotatable bonds is 5. The number of phenols is 1. The number of nitrogens with one attached hydrogen (secondary N) is 1. The maximum Gasteiger partial charge on any atom is 0.280 e. The summed E-state index contributed by atoms with van der Waals surface area (Å²) in [6, 6.07) is 6.44. The number of likely N-dealkylation sites (tertiary alicyclic amines) is 1. The first-order valence-corrected chi connectivity index (χ1v) is 11.0. The molecule has 1 aromatic carbocycles. The largest absolute Gasteiger partial charge is 0.507 e. The number of pyridine rings is 1. The lowest BCUT2D eigenvalue weighted by atomic mass is 9.90. The Kier molecular flexibility index (Phi) is 6.03. The SMILES string of the molecule is COc1ccc(O)c(C(=O)N2CCC([C@@H](C)NC(=O)c3nc4cnccc4s3)CC2)c1. The predicted octanol–water partition coefficient (Wildman–Crippen LogP) is 3.08. The molecule has 3 aromatic rings. The molecule has 1 aliphatic heterocycles. The first-order chi connectivity index (χ1) is 15.0. The standard InChI is InChI=1S/C22H24N4O4S/c1-13(24-20(28)21-25-17-12-23-8-5-19(17)31-21)14-6-9-26(10-7-14)22(29)16-11-15(30-2)3-4-18(16)27/h3-5,8,11-14,27H,6-7,9-10H2,1-2H3,(H,24,28)/t13-/m1/s1. The van der Waals surface area contributed by atoms with Crippen molar-refractivity contribution in [2.24, 2.45) is 5.92 Å². The number of hydrogen-bond acceptors (Lipinski definition) is 7. The molecule has 31 heavy (non-hydrogen) atoms. The van der Waals surface area contributed by atoms with Gasteiger partial charge >= 0.3 is 0 Å². The topological polar surface area (TPSA) is 105 Å². The Morgan fingerprint density at radius 1 is 1.29 bits per heavy atom. The molecular formula is C22H24N4O4S. The zero-order valence-corrected chi connectivity index (χ0v) is 18.2. The van der Waals surface area contributed by atoms with E-state index < -0.39 is 0 Å². The minimum Gasteiger partial charge on any atom is -0.507 e. The number of aromatic hydroxyl groups is 1. The summed E-state index contributed by atoms with van der Waals surface area (Å²) in [6.07, 6.45) is 4.87. The molecule has 9 heteroatoms. The molecule has 0 bridgehead atoms. The second-order valence-electron chi connectivity index (χ2n) is 7.64. The molecule has 8 nitrogen and oxygen atoms in total. The lowest BCUT2D eigenvalue weighted by Gasteiger charge is -2.35.